The Kier molecular flexibility index (Phi) is 10.1. The lowest BCUT2D eigenvalue weighted by atomic mass is 9.91. The number of carbonyl (C=O) groups is 2. The number of likely N-dealkylation sites (tertiary alicyclic amines) is 2. The molecule has 3 aliphatic rings. The standard InChI is InChI=1S/C22H39N3O3.C2H6/c1-22(2,3)28-21(27)19-8-14-25(15-9-19)20(26)18-6-12-24(13-7-18)16-17-4-10-23-11-5-17;1-2/h17-19,23H,4-16H2,1-3H3;1-2H3. The molecule has 1 amide bonds. The minimum absolute atomic E-state index is 0.0601. The average molecular weight is 424 g/mol. The normalized spacial score (nSPS) is 22.9. The molecule has 0 aliphatic carbocycles. The van der Waals surface area contributed by atoms with Gasteiger partial charge in [-0.3, -0.25) is 9.59 Å². The van der Waals surface area contributed by atoms with Crippen LogP contribution in [0.25, 0.3) is 0 Å². The van der Waals surface area contributed by atoms with Crippen molar-refractivity contribution < 1.29 is 14.3 Å². The number of nitrogens with one attached hydrogen (secondary N) is 1. The highest BCUT2D eigenvalue weighted by Crippen LogP contribution is 2.26. The second-order valence-corrected chi connectivity index (χ2v) is 9.90. The van der Waals surface area contributed by atoms with E-state index in [0.29, 0.717) is 19.0 Å². The fourth-order valence-electron chi connectivity index (χ4n) is 4.77. The molecule has 3 aliphatic heterocycles. The van der Waals surface area contributed by atoms with E-state index in [2.05, 4.69) is 10.2 Å². The van der Waals surface area contributed by atoms with Crippen LogP contribution in [0.5, 0.6) is 0 Å². The number of hydrogen-bond acceptors (Lipinski definition) is 5. The first kappa shape index (κ1) is 25.1. The Morgan fingerprint density at radius 3 is 1.93 bits per heavy atom. The van der Waals surface area contributed by atoms with Gasteiger partial charge in [-0.15, -0.1) is 0 Å². The first-order chi connectivity index (χ1) is 14.3. The van der Waals surface area contributed by atoms with Gasteiger partial charge in [-0.25, -0.2) is 0 Å². The summed E-state index contributed by atoms with van der Waals surface area (Å²) in [5, 5.41) is 3.43. The van der Waals surface area contributed by atoms with Crippen LogP contribution in [-0.2, 0) is 14.3 Å². The van der Waals surface area contributed by atoms with Gasteiger partial charge in [0.2, 0.25) is 5.91 Å². The zero-order valence-electron chi connectivity index (χ0n) is 20.0. The molecular formula is C24H45N3O3. The molecule has 0 radical (unpaired) electrons. The first-order valence-corrected chi connectivity index (χ1v) is 12.3. The van der Waals surface area contributed by atoms with Crippen LogP contribution in [0, 0.1) is 17.8 Å². The number of hydrogen-bond donors (Lipinski definition) is 1. The van der Waals surface area contributed by atoms with Gasteiger partial charge in [-0.1, -0.05) is 13.8 Å². The number of rotatable bonds is 4. The molecule has 6 heteroatoms. The van der Waals surface area contributed by atoms with Crippen molar-refractivity contribution in [2.75, 3.05) is 45.8 Å². The number of amides is 1. The van der Waals surface area contributed by atoms with Crippen LogP contribution in [0.15, 0.2) is 0 Å². The summed E-state index contributed by atoms with van der Waals surface area (Å²) in [6, 6.07) is 0. The molecule has 6 nitrogen and oxygen atoms in total. The lowest BCUT2D eigenvalue weighted by Crippen LogP contribution is -2.47. The van der Waals surface area contributed by atoms with Gasteiger partial charge in [0, 0.05) is 25.6 Å². The van der Waals surface area contributed by atoms with E-state index in [4.69, 9.17) is 4.74 Å². The van der Waals surface area contributed by atoms with Crippen molar-refractivity contribution in [1.82, 2.24) is 15.1 Å². The summed E-state index contributed by atoms with van der Waals surface area (Å²) < 4.78 is 5.51. The van der Waals surface area contributed by atoms with E-state index in [1.165, 1.54) is 19.4 Å². The summed E-state index contributed by atoms with van der Waals surface area (Å²) in [4.78, 5) is 29.8. The summed E-state index contributed by atoms with van der Waals surface area (Å²) in [6.45, 7) is 16.7. The Morgan fingerprint density at radius 1 is 0.867 bits per heavy atom. The molecule has 3 rings (SSSR count). The fraction of sp³-hybridized carbons (Fsp3) is 0.917. The molecule has 1 N–H and O–H groups in total. The summed E-state index contributed by atoms with van der Waals surface area (Å²) in [7, 11) is 0. The third-order valence-electron chi connectivity index (χ3n) is 6.46. The van der Waals surface area contributed by atoms with Crippen molar-refractivity contribution in [1.29, 1.82) is 0 Å². The SMILES string of the molecule is CC.CC(C)(C)OC(=O)C1CCN(C(=O)C2CCN(CC3CCNCC3)CC2)CC1. The van der Waals surface area contributed by atoms with E-state index >= 15 is 0 Å². The Hall–Kier alpha value is -1.14. The van der Waals surface area contributed by atoms with E-state index < -0.39 is 5.60 Å². The molecule has 0 aromatic heterocycles. The number of carbonyl (C=O) groups excluding carboxylic acids is 2. The quantitative estimate of drug-likeness (QED) is 0.703. The number of piperidine rings is 3. The highest BCUT2D eigenvalue weighted by Gasteiger charge is 2.34. The molecule has 0 aromatic rings. The molecule has 0 aromatic carbocycles. The van der Waals surface area contributed by atoms with Crippen molar-refractivity contribution in [3.05, 3.63) is 0 Å². The van der Waals surface area contributed by atoms with Crippen LogP contribution in [0.2, 0.25) is 0 Å². The van der Waals surface area contributed by atoms with Gasteiger partial charge < -0.3 is 19.9 Å². The van der Waals surface area contributed by atoms with Crippen molar-refractivity contribution in [2.24, 2.45) is 17.8 Å². The molecule has 0 unspecified atom stereocenters. The molecule has 0 saturated carbocycles. The predicted octanol–water partition coefficient (Wildman–Crippen LogP) is 3.30. The van der Waals surface area contributed by atoms with Gasteiger partial charge in [-0.2, -0.15) is 0 Å². The predicted molar refractivity (Wildman–Crippen MR) is 121 cm³/mol. The van der Waals surface area contributed by atoms with Crippen LogP contribution in [0.4, 0.5) is 0 Å². The van der Waals surface area contributed by atoms with Gasteiger partial charge in [0.25, 0.3) is 0 Å². The van der Waals surface area contributed by atoms with E-state index in [1.807, 2.05) is 39.5 Å². The minimum Gasteiger partial charge on any atom is -0.460 e. The van der Waals surface area contributed by atoms with Gasteiger partial charge in [0.15, 0.2) is 0 Å². The van der Waals surface area contributed by atoms with E-state index in [1.54, 1.807) is 0 Å². The van der Waals surface area contributed by atoms with Crippen LogP contribution in [-0.4, -0.2) is 73.1 Å². The van der Waals surface area contributed by atoms with Crippen molar-refractivity contribution in [3.63, 3.8) is 0 Å². The highest BCUT2D eigenvalue weighted by atomic mass is 16.6. The Bertz CT molecular complexity index is 524. The summed E-state index contributed by atoms with van der Waals surface area (Å²) in [5.74, 6) is 1.13. The molecule has 0 bridgehead atoms. The summed E-state index contributed by atoms with van der Waals surface area (Å²) in [6.07, 6.45) is 5.99. The zero-order valence-corrected chi connectivity index (χ0v) is 20.0. The van der Waals surface area contributed by atoms with Gasteiger partial charge in [0.05, 0.1) is 5.92 Å². The molecule has 0 spiro atoms. The smallest absolute Gasteiger partial charge is 0.309 e. The van der Waals surface area contributed by atoms with Crippen molar-refractivity contribution in [3.8, 4) is 0 Å². The Labute approximate surface area is 184 Å². The maximum absolute atomic E-state index is 12.9. The minimum atomic E-state index is -0.438. The average Bonchev–Trinajstić information content (AvgIpc) is 2.75. The van der Waals surface area contributed by atoms with Gasteiger partial charge >= 0.3 is 5.97 Å². The second-order valence-electron chi connectivity index (χ2n) is 9.90. The Balaban J connectivity index is 0.00000155. The summed E-state index contributed by atoms with van der Waals surface area (Å²) in [5.41, 5.74) is -0.438. The fourth-order valence-corrected chi connectivity index (χ4v) is 4.77. The van der Waals surface area contributed by atoms with Crippen LogP contribution < -0.4 is 5.32 Å². The summed E-state index contributed by atoms with van der Waals surface area (Å²) >= 11 is 0. The number of esters is 1. The molecule has 30 heavy (non-hydrogen) atoms. The third-order valence-corrected chi connectivity index (χ3v) is 6.46. The maximum atomic E-state index is 12.9. The second kappa shape index (κ2) is 12.0. The number of nitrogens with zero attached hydrogens (tertiary/aromatic N) is 2. The third kappa shape index (κ3) is 7.84. The highest BCUT2D eigenvalue weighted by molar-refractivity contribution is 5.79. The van der Waals surface area contributed by atoms with Crippen LogP contribution in [0.3, 0.4) is 0 Å². The zero-order chi connectivity index (χ0) is 22.1. The van der Waals surface area contributed by atoms with Gasteiger partial charge in [-0.05, 0) is 91.4 Å². The number of ether oxygens (including phenoxy) is 1. The van der Waals surface area contributed by atoms with Crippen LogP contribution >= 0.6 is 0 Å². The van der Waals surface area contributed by atoms with E-state index in [-0.39, 0.29) is 17.8 Å². The molecule has 174 valence electrons. The largest absolute Gasteiger partial charge is 0.460 e. The van der Waals surface area contributed by atoms with Gasteiger partial charge in [0.1, 0.15) is 5.60 Å². The van der Waals surface area contributed by atoms with Crippen molar-refractivity contribution in [2.45, 2.75) is 78.7 Å². The molecule has 0 atom stereocenters. The van der Waals surface area contributed by atoms with Crippen molar-refractivity contribution >= 4 is 11.9 Å². The molecule has 3 heterocycles. The first-order valence-electron chi connectivity index (χ1n) is 12.3. The molecule has 3 saturated heterocycles. The maximum Gasteiger partial charge on any atom is 0.309 e. The van der Waals surface area contributed by atoms with E-state index in [0.717, 1.165) is 57.8 Å². The van der Waals surface area contributed by atoms with E-state index in [9.17, 15) is 9.59 Å². The topological polar surface area (TPSA) is 61.9 Å². The van der Waals surface area contributed by atoms with Crippen LogP contribution in [0.1, 0.15) is 73.1 Å². The molecular weight excluding hydrogens is 378 g/mol. The lowest BCUT2D eigenvalue weighted by Gasteiger charge is -2.38. The molecule has 3 fully saturated rings. The Morgan fingerprint density at radius 2 is 1.40 bits per heavy atom. The monoisotopic (exact) mass is 423 g/mol. The lowest BCUT2D eigenvalue weighted by molar-refractivity contribution is -0.162.